The first-order valence-corrected chi connectivity index (χ1v) is 6.55. The van der Waals surface area contributed by atoms with Crippen molar-refractivity contribution in [1.29, 1.82) is 0 Å². The maximum atomic E-state index is 12.4. The number of aryl methyl sites for hydroxylation is 1. The predicted molar refractivity (Wildman–Crippen MR) is 70.7 cm³/mol. The first-order valence-electron chi connectivity index (χ1n) is 6.55. The Balaban J connectivity index is 1.86. The number of likely N-dealkylation sites (tertiary alicyclic amines) is 1. The van der Waals surface area contributed by atoms with Crippen LogP contribution in [0.25, 0.3) is 0 Å². The maximum Gasteiger partial charge on any atom is 0.292 e. The molecule has 0 saturated carbocycles. The third kappa shape index (κ3) is 2.26. The van der Waals surface area contributed by atoms with Gasteiger partial charge in [0.15, 0.2) is 0 Å². The summed E-state index contributed by atoms with van der Waals surface area (Å²) in [4.78, 5) is 14.3. The number of carbonyl (C=O) groups is 1. The van der Waals surface area contributed by atoms with Crippen molar-refractivity contribution in [2.24, 2.45) is 0 Å². The number of hydrogen-bond donors (Lipinski definition) is 0. The van der Waals surface area contributed by atoms with E-state index in [1.807, 2.05) is 30.0 Å². The van der Waals surface area contributed by atoms with Crippen molar-refractivity contribution in [2.45, 2.75) is 25.8 Å². The van der Waals surface area contributed by atoms with Gasteiger partial charge in [0.1, 0.15) is 0 Å². The van der Waals surface area contributed by atoms with Gasteiger partial charge in [0.05, 0.1) is 11.7 Å². The second kappa shape index (κ2) is 4.88. The molecule has 1 unspecified atom stereocenters. The van der Waals surface area contributed by atoms with Crippen molar-refractivity contribution in [2.75, 3.05) is 6.54 Å². The number of nitrogens with zero attached hydrogens (tertiary/aromatic N) is 2. The van der Waals surface area contributed by atoms with Crippen molar-refractivity contribution < 1.29 is 9.32 Å². The van der Waals surface area contributed by atoms with Crippen LogP contribution >= 0.6 is 0 Å². The average Bonchev–Trinajstić information content (AvgIpc) is 3.07. The maximum absolute atomic E-state index is 12.4. The van der Waals surface area contributed by atoms with Crippen molar-refractivity contribution in [3.8, 4) is 0 Å². The molecule has 1 aromatic carbocycles. The van der Waals surface area contributed by atoms with Gasteiger partial charge in [-0.3, -0.25) is 4.79 Å². The molecule has 1 atom stereocenters. The average molecular weight is 256 g/mol. The third-order valence-corrected chi connectivity index (χ3v) is 3.54. The van der Waals surface area contributed by atoms with Crippen LogP contribution in [0.1, 0.15) is 40.7 Å². The van der Waals surface area contributed by atoms with Crippen LogP contribution < -0.4 is 0 Å². The van der Waals surface area contributed by atoms with Crippen molar-refractivity contribution >= 4 is 5.91 Å². The molecule has 1 saturated heterocycles. The quantitative estimate of drug-likeness (QED) is 0.829. The minimum Gasteiger partial charge on any atom is -0.351 e. The first kappa shape index (κ1) is 12.0. The van der Waals surface area contributed by atoms with Gasteiger partial charge in [-0.2, -0.15) is 0 Å². The van der Waals surface area contributed by atoms with Crippen LogP contribution in [0.3, 0.4) is 0 Å². The number of benzene rings is 1. The Kier molecular flexibility index (Phi) is 3.07. The van der Waals surface area contributed by atoms with E-state index in [1.165, 1.54) is 5.56 Å². The van der Waals surface area contributed by atoms with Crippen LogP contribution in [0.4, 0.5) is 0 Å². The summed E-state index contributed by atoms with van der Waals surface area (Å²) in [6.07, 6.45) is 2.03. The summed E-state index contributed by atoms with van der Waals surface area (Å²) < 4.78 is 5.08. The lowest BCUT2D eigenvalue weighted by Gasteiger charge is -2.23. The van der Waals surface area contributed by atoms with Gasteiger partial charge in [-0.25, -0.2) is 0 Å². The number of aromatic nitrogens is 1. The molecule has 4 nitrogen and oxygen atoms in total. The molecular weight excluding hydrogens is 240 g/mol. The normalized spacial score (nSPS) is 18.8. The molecule has 3 rings (SSSR count). The lowest BCUT2D eigenvalue weighted by atomic mass is 10.0. The highest BCUT2D eigenvalue weighted by Crippen LogP contribution is 2.32. The molecule has 0 N–H and O–H groups in total. The third-order valence-electron chi connectivity index (χ3n) is 3.54. The topological polar surface area (TPSA) is 46.3 Å². The van der Waals surface area contributed by atoms with Crippen molar-refractivity contribution in [3.63, 3.8) is 0 Å². The van der Waals surface area contributed by atoms with E-state index in [2.05, 4.69) is 17.3 Å². The highest BCUT2D eigenvalue weighted by molar-refractivity contribution is 5.92. The Bertz CT molecular complexity index is 577. The molecule has 1 aliphatic heterocycles. The van der Waals surface area contributed by atoms with Crippen LogP contribution in [-0.4, -0.2) is 22.5 Å². The zero-order chi connectivity index (χ0) is 13.2. The zero-order valence-electron chi connectivity index (χ0n) is 10.9. The molecule has 2 heterocycles. The monoisotopic (exact) mass is 256 g/mol. The Hall–Kier alpha value is -2.10. The fourth-order valence-electron chi connectivity index (χ4n) is 2.64. The minimum absolute atomic E-state index is 0.0630. The Morgan fingerprint density at radius 1 is 1.37 bits per heavy atom. The Morgan fingerprint density at radius 3 is 2.84 bits per heavy atom. The van der Waals surface area contributed by atoms with E-state index < -0.39 is 0 Å². The van der Waals surface area contributed by atoms with Crippen LogP contribution in [0.5, 0.6) is 0 Å². The number of hydrogen-bond acceptors (Lipinski definition) is 3. The smallest absolute Gasteiger partial charge is 0.292 e. The lowest BCUT2D eigenvalue weighted by Crippen LogP contribution is -2.30. The summed E-state index contributed by atoms with van der Waals surface area (Å²) in [5.74, 6) is 0.271. The van der Waals surface area contributed by atoms with Gasteiger partial charge >= 0.3 is 0 Å². The Morgan fingerprint density at radius 2 is 2.16 bits per heavy atom. The van der Waals surface area contributed by atoms with E-state index >= 15 is 0 Å². The van der Waals surface area contributed by atoms with E-state index in [9.17, 15) is 4.79 Å². The van der Waals surface area contributed by atoms with E-state index in [1.54, 1.807) is 6.07 Å². The summed E-state index contributed by atoms with van der Waals surface area (Å²) in [7, 11) is 0. The van der Waals surface area contributed by atoms with Gasteiger partial charge in [0, 0.05) is 12.6 Å². The second-order valence-electron chi connectivity index (χ2n) is 4.90. The van der Waals surface area contributed by atoms with Crippen LogP contribution in [0, 0.1) is 6.92 Å². The highest BCUT2D eigenvalue weighted by atomic mass is 16.5. The van der Waals surface area contributed by atoms with Gasteiger partial charge in [-0.15, -0.1) is 0 Å². The van der Waals surface area contributed by atoms with Crippen LogP contribution in [0.15, 0.2) is 40.9 Å². The van der Waals surface area contributed by atoms with Crippen molar-refractivity contribution in [1.82, 2.24) is 10.1 Å². The predicted octanol–water partition coefficient (Wildman–Crippen LogP) is 2.96. The molecule has 98 valence electrons. The molecule has 1 fully saturated rings. The van der Waals surface area contributed by atoms with Crippen LogP contribution in [-0.2, 0) is 0 Å². The second-order valence-corrected chi connectivity index (χ2v) is 4.90. The summed E-state index contributed by atoms with van der Waals surface area (Å²) in [5, 5.41) is 3.78. The first-order chi connectivity index (χ1) is 9.25. The van der Waals surface area contributed by atoms with Gasteiger partial charge in [0.2, 0.25) is 5.76 Å². The SMILES string of the molecule is Cc1cc(C(=O)N2CCCC2c2ccccc2)on1. The summed E-state index contributed by atoms with van der Waals surface area (Å²) in [6.45, 7) is 2.59. The van der Waals surface area contributed by atoms with E-state index in [-0.39, 0.29) is 11.9 Å². The number of amides is 1. The summed E-state index contributed by atoms with van der Waals surface area (Å²) in [5.41, 5.74) is 1.92. The Labute approximate surface area is 112 Å². The molecule has 0 spiro atoms. The zero-order valence-corrected chi connectivity index (χ0v) is 10.9. The van der Waals surface area contributed by atoms with Crippen molar-refractivity contribution in [3.05, 3.63) is 53.4 Å². The van der Waals surface area contributed by atoms with Gasteiger partial charge < -0.3 is 9.42 Å². The largest absolute Gasteiger partial charge is 0.351 e. The van der Waals surface area contributed by atoms with E-state index in [0.717, 1.165) is 25.1 Å². The molecule has 1 aromatic heterocycles. The summed E-state index contributed by atoms with van der Waals surface area (Å²) >= 11 is 0. The standard InChI is InChI=1S/C15H16N2O2/c1-11-10-14(19-16-11)15(18)17-9-5-8-13(17)12-6-3-2-4-7-12/h2-4,6-7,10,13H,5,8-9H2,1H3. The molecule has 19 heavy (non-hydrogen) atoms. The molecule has 1 amide bonds. The van der Waals surface area contributed by atoms with Crippen LogP contribution in [0.2, 0.25) is 0 Å². The van der Waals surface area contributed by atoms with E-state index in [4.69, 9.17) is 4.52 Å². The summed E-state index contributed by atoms with van der Waals surface area (Å²) in [6, 6.07) is 12.0. The van der Waals surface area contributed by atoms with Gasteiger partial charge in [-0.1, -0.05) is 35.5 Å². The van der Waals surface area contributed by atoms with E-state index in [0.29, 0.717) is 5.76 Å². The fraction of sp³-hybridized carbons (Fsp3) is 0.333. The molecule has 2 aromatic rings. The number of carbonyl (C=O) groups excluding carboxylic acids is 1. The lowest BCUT2D eigenvalue weighted by molar-refractivity contribution is 0.0693. The molecule has 0 bridgehead atoms. The fourth-order valence-corrected chi connectivity index (χ4v) is 2.64. The molecule has 4 heteroatoms. The van der Waals surface area contributed by atoms with Gasteiger partial charge in [0.25, 0.3) is 5.91 Å². The van der Waals surface area contributed by atoms with Gasteiger partial charge in [-0.05, 0) is 25.3 Å². The number of rotatable bonds is 2. The highest BCUT2D eigenvalue weighted by Gasteiger charge is 2.32. The molecule has 0 radical (unpaired) electrons. The molecular formula is C15H16N2O2. The molecule has 0 aliphatic carbocycles. The molecule has 1 aliphatic rings. The minimum atomic E-state index is -0.0630.